The van der Waals surface area contributed by atoms with Crippen molar-refractivity contribution in [2.45, 2.75) is 46.0 Å². The van der Waals surface area contributed by atoms with Crippen LogP contribution in [0.25, 0.3) is 0 Å². The summed E-state index contributed by atoms with van der Waals surface area (Å²) in [5, 5.41) is 0. The van der Waals surface area contributed by atoms with Crippen LogP contribution < -0.4 is 5.73 Å². The minimum atomic E-state index is 0.932. The highest BCUT2D eigenvalue weighted by Crippen LogP contribution is 2.01. The molecule has 0 bridgehead atoms. The average Bonchev–Trinajstić information content (AvgIpc) is 2.15. The maximum absolute atomic E-state index is 5.52. The lowest BCUT2D eigenvalue weighted by Crippen LogP contribution is -1.89. The van der Waals surface area contributed by atoms with Gasteiger partial charge >= 0.3 is 0 Å². The Balaban J connectivity index is 3.23. The SMILES string of the molecule is CC=CCCC=CCCCC=C(C)N. The van der Waals surface area contributed by atoms with Gasteiger partial charge in [0.1, 0.15) is 0 Å². The third-order valence-corrected chi connectivity index (χ3v) is 1.94. The molecule has 0 unspecified atom stereocenters. The molecule has 1 heteroatoms. The van der Waals surface area contributed by atoms with Gasteiger partial charge in [0.2, 0.25) is 0 Å². The van der Waals surface area contributed by atoms with Crippen LogP contribution in [0.15, 0.2) is 36.1 Å². The zero-order valence-corrected chi connectivity index (χ0v) is 9.50. The fourth-order valence-corrected chi connectivity index (χ4v) is 1.16. The number of hydrogen-bond acceptors (Lipinski definition) is 1. The number of allylic oxidation sites excluding steroid dienone is 6. The molecule has 1 nitrogen and oxygen atoms in total. The zero-order valence-electron chi connectivity index (χ0n) is 9.50. The molecule has 0 spiro atoms. The maximum atomic E-state index is 5.52. The van der Waals surface area contributed by atoms with E-state index >= 15 is 0 Å². The molecule has 80 valence electrons. The molecule has 0 atom stereocenters. The van der Waals surface area contributed by atoms with Gasteiger partial charge in [-0.1, -0.05) is 30.4 Å². The highest BCUT2D eigenvalue weighted by atomic mass is 14.5. The molecule has 0 radical (unpaired) electrons. The van der Waals surface area contributed by atoms with E-state index in [0.29, 0.717) is 0 Å². The van der Waals surface area contributed by atoms with E-state index in [-0.39, 0.29) is 0 Å². The molecule has 0 aliphatic rings. The summed E-state index contributed by atoms with van der Waals surface area (Å²) in [6.45, 7) is 4.00. The number of unbranched alkanes of at least 4 members (excludes halogenated alkanes) is 3. The molecule has 0 heterocycles. The Hall–Kier alpha value is -0.980. The molecule has 0 aliphatic heterocycles. The lowest BCUT2D eigenvalue weighted by molar-refractivity contribution is 0.856. The van der Waals surface area contributed by atoms with E-state index in [1.165, 1.54) is 12.8 Å². The molecule has 0 aromatic rings. The van der Waals surface area contributed by atoms with E-state index in [1.807, 2.05) is 6.92 Å². The molecule has 0 aromatic carbocycles. The molecule has 0 saturated carbocycles. The lowest BCUT2D eigenvalue weighted by atomic mass is 10.2. The van der Waals surface area contributed by atoms with Crippen molar-refractivity contribution in [3.05, 3.63) is 36.1 Å². The van der Waals surface area contributed by atoms with Crippen molar-refractivity contribution in [3.8, 4) is 0 Å². The molecule has 2 N–H and O–H groups in total. The van der Waals surface area contributed by atoms with Gasteiger partial charge in [-0.2, -0.15) is 0 Å². The largest absolute Gasteiger partial charge is 0.403 e. The van der Waals surface area contributed by atoms with Crippen LogP contribution in [0, 0.1) is 0 Å². The quantitative estimate of drug-likeness (QED) is 0.481. The standard InChI is InChI=1S/C13H23N/c1-3-4-5-6-7-8-9-10-11-12-13(2)14/h3-4,7-8,12H,5-6,9-11,14H2,1-2H3. The third kappa shape index (κ3) is 11.0. The monoisotopic (exact) mass is 193 g/mol. The van der Waals surface area contributed by atoms with Gasteiger partial charge in [-0.3, -0.25) is 0 Å². The first-order chi connectivity index (χ1) is 6.77. The smallest absolute Gasteiger partial charge is 0.000833 e. The Kier molecular flexibility index (Phi) is 9.40. The molecular weight excluding hydrogens is 170 g/mol. The van der Waals surface area contributed by atoms with Gasteiger partial charge in [-0.25, -0.2) is 0 Å². The molecule has 0 rings (SSSR count). The maximum Gasteiger partial charge on any atom is 0.000833 e. The second-order valence-electron chi connectivity index (χ2n) is 3.50. The highest BCUT2D eigenvalue weighted by Gasteiger charge is 1.82. The van der Waals surface area contributed by atoms with Crippen molar-refractivity contribution in [1.29, 1.82) is 0 Å². The van der Waals surface area contributed by atoms with Crippen LogP contribution >= 0.6 is 0 Å². The fraction of sp³-hybridized carbons (Fsp3) is 0.538. The summed E-state index contributed by atoms with van der Waals surface area (Å²) in [6, 6.07) is 0. The summed E-state index contributed by atoms with van der Waals surface area (Å²) in [5.41, 5.74) is 6.46. The van der Waals surface area contributed by atoms with E-state index in [0.717, 1.165) is 25.0 Å². The second kappa shape index (κ2) is 10.1. The second-order valence-corrected chi connectivity index (χ2v) is 3.50. The topological polar surface area (TPSA) is 26.0 Å². The molecule has 0 saturated heterocycles. The van der Waals surface area contributed by atoms with Crippen molar-refractivity contribution >= 4 is 0 Å². The van der Waals surface area contributed by atoms with E-state index in [2.05, 4.69) is 37.3 Å². The Bertz CT molecular complexity index is 195. The van der Waals surface area contributed by atoms with Crippen LogP contribution in [0.3, 0.4) is 0 Å². The lowest BCUT2D eigenvalue weighted by Gasteiger charge is -1.92. The summed E-state index contributed by atoms with van der Waals surface area (Å²) < 4.78 is 0. The van der Waals surface area contributed by atoms with E-state index < -0.39 is 0 Å². The van der Waals surface area contributed by atoms with Gasteiger partial charge in [0, 0.05) is 5.70 Å². The van der Waals surface area contributed by atoms with Gasteiger partial charge in [0.15, 0.2) is 0 Å². The minimum absolute atomic E-state index is 0.932. The van der Waals surface area contributed by atoms with Crippen LogP contribution in [0.5, 0.6) is 0 Å². The van der Waals surface area contributed by atoms with Crippen molar-refractivity contribution in [3.63, 3.8) is 0 Å². The van der Waals surface area contributed by atoms with Crippen LogP contribution in [-0.4, -0.2) is 0 Å². The van der Waals surface area contributed by atoms with Crippen molar-refractivity contribution in [1.82, 2.24) is 0 Å². The number of nitrogens with two attached hydrogens (primary N) is 1. The van der Waals surface area contributed by atoms with Gasteiger partial charge in [-0.15, -0.1) is 0 Å². The van der Waals surface area contributed by atoms with E-state index in [1.54, 1.807) is 0 Å². The molecule has 0 aromatic heterocycles. The normalized spacial score (nSPS) is 13.1. The molecule has 0 fully saturated rings. The van der Waals surface area contributed by atoms with Crippen LogP contribution in [0.1, 0.15) is 46.0 Å². The van der Waals surface area contributed by atoms with Crippen molar-refractivity contribution in [2.75, 3.05) is 0 Å². The first-order valence-electron chi connectivity index (χ1n) is 5.45. The fourth-order valence-electron chi connectivity index (χ4n) is 1.16. The van der Waals surface area contributed by atoms with Crippen molar-refractivity contribution in [2.24, 2.45) is 5.73 Å². The molecular formula is C13H23N. The summed E-state index contributed by atoms with van der Waals surface area (Å²) in [6.07, 6.45) is 16.7. The van der Waals surface area contributed by atoms with Crippen molar-refractivity contribution < 1.29 is 0 Å². The zero-order chi connectivity index (χ0) is 10.6. The Morgan fingerprint density at radius 3 is 2.29 bits per heavy atom. The van der Waals surface area contributed by atoms with E-state index in [9.17, 15) is 0 Å². The Morgan fingerprint density at radius 2 is 1.64 bits per heavy atom. The molecule has 0 amide bonds. The highest BCUT2D eigenvalue weighted by molar-refractivity contribution is 4.92. The van der Waals surface area contributed by atoms with Crippen LogP contribution in [0.4, 0.5) is 0 Å². The number of hydrogen-bond donors (Lipinski definition) is 1. The van der Waals surface area contributed by atoms with Gasteiger partial charge in [-0.05, 0) is 46.0 Å². The van der Waals surface area contributed by atoms with Gasteiger partial charge in [0.25, 0.3) is 0 Å². The average molecular weight is 193 g/mol. The minimum Gasteiger partial charge on any atom is -0.403 e. The molecule has 0 aliphatic carbocycles. The summed E-state index contributed by atoms with van der Waals surface area (Å²) in [5.74, 6) is 0. The Morgan fingerprint density at radius 1 is 1.00 bits per heavy atom. The van der Waals surface area contributed by atoms with Crippen LogP contribution in [0.2, 0.25) is 0 Å². The Labute approximate surface area is 88.4 Å². The van der Waals surface area contributed by atoms with Gasteiger partial charge < -0.3 is 5.73 Å². The molecule has 14 heavy (non-hydrogen) atoms. The summed E-state index contributed by atoms with van der Waals surface area (Å²) >= 11 is 0. The first-order valence-corrected chi connectivity index (χ1v) is 5.45. The predicted octanol–water partition coefficient (Wildman–Crippen LogP) is 3.93. The summed E-state index contributed by atoms with van der Waals surface area (Å²) in [7, 11) is 0. The number of rotatable bonds is 7. The van der Waals surface area contributed by atoms with Gasteiger partial charge in [0.05, 0.1) is 0 Å². The van der Waals surface area contributed by atoms with E-state index in [4.69, 9.17) is 5.73 Å². The summed E-state index contributed by atoms with van der Waals surface area (Å²) in [4.78, 5) is 0. The third-order valence-electron chi connectivity index (χ3n) is 1.94. The van der Waals surface area contributed by atoms with Crippen LogP contribution in [-0.2, 0) is 0 Å². The first kappa shape index (κ1) is 13.0. The predicted molar refractivity (Wildman–Crippen MR) is 65.0 cm³/mol.